The molecule has 5 nitrogen and oxygen atoms in total. The Hall–Kier alpha value is -1.88. The van der Waals surface area contributed by atoms with Crippen LogP contribution in [-0.4, -0.2) is 40.1 Å². The second kappa shape index (κ2) is 6.93. The second-order valence-corrected chi connectivity index (χ2v) is 6.67. The van der Waals surface area contributed by atoms with Crippen molar-refractivity contribution in [3.05, 3.63) is 28.6 Å². The number of amides is 1. The number of carbonyl (C=O) groups excluding carboxylic acids is 1. The van der Waals surface area contributed by atoms with E-state index in [0.29, 0.717) is 19.6 Å². The number of fused-ring (bicyclic) bond motifs is 3. The van der Waals surface area contributed by atoms with Crippen LogP contribution in [0.4, 0.5) is 0 Å². The van der Waals surface area contributed by atoms with E-state index in [9.17, 15) is 4.79 Å². The average molecular weight is 329 g/mol. The van der Waals surface area contributed by atoms with Crippen molar-refractivity contribution in [1.29, 1.82) is 0 Å². The van der Waals surface area contributed by atoms with Gasteiger partial charge in [0.25, 0.3) is 0 Å². The van der Waals surface area contributed by atoms with E-state index < -0.39 is 0 Å². The van der Waals surface area contributed by atoms with Gasteiger partial charge in [0.15, 0.2) is 0 Å². The fourth-order valence-corrected chi connectivity index (χ4v) is 3.51. The van der Waals surface area contributed by atoms with Crippen LogP contribution in [0.3, 0.4) is 0 Å². The number of ether oxygens (including phenoxy) is 1. The van der Waals surface area contributed by atoms with E-state index in [1.165, 1.54) is 27.8 Å². The molecule has 0 saturated heterocycles. The molecule has 2 aromatic rings. The highest BCUT2D eigenvalue weighted by Crippen LogP contribution is 2.31. The Balaban J connectivity index is 1.81. The van der Waals surface area contributed by atoms with Crippen molar-refractivity contribution in [2.75, 3.05) is 19.8 Å². The maximum atomic E-state index is 12.4. The van der Waals surface area contributed by atoms with Gasteiger partial charge in [-0.1, -0.05) is 6.92 Å². The van der Waals surface area contributed by atoms with Crippen LogP contribution >= 0.6 is 0 Å². The number of nitrogens with zero attached hydrogens (tertiary/aromatic N) is 3. The van der Waals surface area contributed by atoms with Gasteiger partial charge in [0.05, 0.1) is 19.6 Å². The monoisotopic (exact) mass is 329 g/mol. The first-order chi connectivity index (χ1) is 11.5. The smallest absolute Gasteiger partial charge is 0.225 e. The molecular weight excluding hydrogens is 302 g/mol. The van der Waals surface area contributed by atoms with Crippen LogP contribution in [0.1, 0.15) is 42.1 Å². The maximum absolute atomic E-state index is 12.4. The van der Waals surface area contributed by atoms with Crippen molar-refractivity contribution in [3.8, 4) is 0 Å². The zero-order chi connectivity index (χ0) is 17.3. The van der Waals surface area contributed by atoms with Crippen LogP contribution in [0.5, 0.6) is 0 Å². The highest BCUT2D eigenvalue weighted by molar-refractivity contribution is 5.86. The van der Waals surface area contributed by atoms with Gasteiger partial charge in [-0.05, 0) is 43.9 Å². The summed E-state index contributed by atoms with van der Waals surface area (Å²) in [7, 11) is 0. The molecule has 24 heavy (non-hydrogen) atoms. The molecule has 2 aromatic heterocycles. The number of pyridine rings is 1. The molecule has 0 unspecified atom stereocenters. The molecule has 0 aromatic carbocycles. The fraction of sp³-hybridized carbons (Fsp3) is 0.579. The zero-order valence-corrected chi connectivity index (χ0v) is 15.2. The topological polar surface area (TPSA) is 47.4 Å². The van der Waals surface area contributed by atoms with E-state index in [1.54, 1.807) is 0 Å². The lowest BCUT2D eigenvalue weighted by Crippen LogP contribution is -2.38. The van der Waals surface area contributed by atoms with E-state index in [-0.39, 0.29) is 5.91 Å². The number of aromatic nitrogens is 2. The van der Waals surface area contributed by atoms with Gasteiger partial charge >= 0.3 is 0 Å². The van der Waals surface area contributed by atoms with Gasteiger partial charge in [-0.15, -0.1) is 0 Å². The van der Waals surface area contributed by atoms with E-state index in [2.05, 4.69) is 37.2 Å². The Morgan fingerprint density at radius 2 is 2.00 bits per heavy atom. The van der Waals surface area contributed by atoms with E-state index in [0.717, 1.165) is 31.8 Å². The summed E-state index contributed by atoms with van der Waals surface area (Å²) in [5.41, 5.74) is 6.06. The number of aryl methyl sites for hydroxylation is 3. The molecule has 0 radical (unpaired) electrons. The van der Waals surface area contributed by atoms with E-state index in [4.69, 9.17) is 4.74 Å². The van der Waals surface area contributed by atoms with Crippen molar-refractivity contribution in [3.63, 3.8) is 0 Å². The van der Waals surface area contributed by atoms with Gasteiger partial charge in [-0.3, -0.25) is 4.79 Å². The van der Waals surface area contributed by atoms with Crippen molar-refractivity contribution in [2.45, 2.75) is 53.6 Å². The third kappa shape index (κ3) is 2.93. The van der Waals surface area contributed by atoms with Crippen molar-refractivity contribution < 1.29 is 9.53 Å². The van der Waals surface area contributed by atoms with Crippen LogP contribution in [0.25, 0.3) is 11.0 Å². The molecule has 0 spiro atoms. The first-order valence-corrected chi connectivity index (χ1v) is 8.84. The lowest BCUT2D eigenvalue weighted by atomic mass is 10.1. The van der Waals surface area contributed by atoms with Crippen LogP contribution in [-0.2, 0) is 22.6 Å². The van der Waals surface area contributed by atoms with Crippen molar-refractivity contribution in [2.24, 2.45) is 0 Å². The summed E-state index contributed by atoms with van der Waals surface area (Å²) >= 11 is 0. The lowest BCUT2D eigenvalue weighted by molar-refractivity contribution is -0.133. The molecule has 0 N–H and O–H groups in total. The predicted molar refractivity (Wildman–Crippen MR) is 95.1 cm³/mol. The summed E-state index contributed by atoms with van der Waals surface area (Å²) in [4.78, 5) is 19.1. The third-order valence-electron chi connectivity index (χ3n) is 5.06. The first-order valence-electron chi connectivity index (χ1n) is 8.84. The molecule has 0 fully saturated rings. The summed E-state index contributed by atoms with van der Waals surface area (Å²) < 4.78 is 7.74. The number of hydrogen-bond donors (Lipinski definition) is 0. The standard InChI is InChI=1S/C19H27N3O2/c1-5-9-24-10-6-17(23)21-7-8-22-16(12-21)15(4)18-14(3)13(2)11-20-19(18)22/h11H,5-10,12H2,1-4H3. The summed E-state index contributed by atoms with van der Waals surface area (Å²) in [6.45, 7) is 12.0. The highest BCUT2D eigenvalue weighted by Gasteiger charge is 2.26. The van der Waals surface area contributed by atoms with Crippen molar-refractivity contribution >= 4 is 16.9 Å². The second-order valence-electron chi connectivity index (χ2n) is 6.67. The van der Waals surface area contributed by atoms with Gasteiger partial charge in [0, 0.05) is 37.0 Å². The molecule has 130 valence electrons. The number of hydrogen-bond acceptors (Lipinski definition) is 3. The molecule has 3 rings (SSSR count). The minimum atomic E-state index is 0.183. The highest BCUT2D eigenvalue weighted by atomic mass is 16.5. The molecule has 0 bridgehead atoms. The van der Waals surface area contributed by atoms with Gasteiger partial charge in [-0.2, -0.15) is 0 Å². The quantitative estimate of drug-likeness (QED) is 0.792. The fourth-order valence-electron chi connectivity index (χ4n) is 3.51. The third-order valence-corrected chi connectivity index (χ3v) is 5.06. The Bertz CT molecular complexity index is 764. The average Bonchev–Trinajstić information content (AvgIpc) is 2.87. The Morgan fingerprint density at radius 1 is 1.21 bits per heavy atom. The van der Waals surface area contributed by atoms with Crippen LogP contribution in [0, 0.1) is 20.8 Å². The summed E-state index contributed by atoms with van der Waals surface area (Å²) in [5, 5.41) is 1.26. The SMILES string of the molecule is CCCOCCC(=O)N1CCn2c(c(C)c3c(C)c(C)cnc32)C1. The van der Waals surface area contributed by atoms with Gasteiger partial charge < -0.3 is 14.2 Å². The van der Waals surface area contributed by atoms with Crippen LogP contribution < -0.4 is 0 Å². The molecule has 1 aliphatic heterocycles. The molecule has 0 aliphatic carbocycles. The normalized spacial score (nSPS) is 14.2. The predicted octanol–water partition coefficient (Wildman–Crippen LogP) is 3.12. The Kier molecular flexibility index (Phi) is 4.90. The largest absolute Gasteiger partial charge is 0.381 e. The molecule has 3 heterocycles. The van der Waals surface area contributed by atoms with Crippen molar-refractivity contribution in [1.82, 2.24) is 14.5 Å². The summed E-state index contributed by atoms with van der Waals surface area (Å²) in [5.74, 6) is 0.183. The number of carbonyl (C=O) groups is 1. The minimum Gasteiger partial charge on any atom is -0.381 e. The summed E-state index contributed by atoms with van der Waals surface area (Å²) in [6.07, 6.45) is 3.41. The first kappa shape index (κ1) is 17.0. The van der Waals surface area contributed by atoms with Crippen LogP contribution in [0.2, 0.25) is 0 Å². The molecule has 0 atom stereocenters. The molecule has 5 heteroatoms. The van der Waals surface area contributed by atoms with Crippen LogP contribution in [0.15, 0.2) is 6.20 Å². The summed E-state index contributed by atoms with van der Waals surface area (Å²) in [6, 6.07) is 0. The zero-order valence-electron chi connectivity index (χ0n) is 15.2. The molecule has 0 saturated carbocycles. The lowest BCUT2D eigenvalue weighted by Gasteiger charge is -2.29. The molecule has 1 amide bonds. The van der Waals surface area contributed by atoms with Gasteiger partial charge in [0.2, 0.25) is 5.91 Å². The molecular formula is C19H27N3O2. The minimum absolute atomic E-state index is 0.183. The Labute approximate surface area is 143 Å². The Morgan fingerprint density at radius 3 is 2.75 bits per heavy atom. The number of rotatable bonds is 5. The van der Waals surface area contributed by atoms with E-state index >= 15 is 0 Å². The maximum Gasteiger partial charge on any atom is 0.225 e. The van der Waals surface area contributed by atoms with E-state index in [1.807, 2.05) is 11.1 Å². The van der Waals surface area contributed by atoms with Gasteiger partial charge in [0.1, 0.15) is 5.65 Å². The van der Waals surface area contributed by atoms with Gasteiger partial charge in [-0.25, -0.2) is 4.98 Å². The molecule has 1 aliphatic rings.